The van der Waals surface area contributed by atoms with Crippen molar-refractivity contribution in [3.05, 3.63) is 57.9 Å². The molecule has 118 valence electrons. The smallest absolute Gasteiger partial charge is 0.259 e. The van der Waals surface area contributed by atoms with Gasteiger partial charge in [-0.2, -0.15) is 0 Å². The molecule has 3 aromatic rings. The maximum Gasteiger partial charge on any atom is 0.259 e. The number of nitrogens with zero attached hydrogens (tertiary/aromatic N) is 1. The van der Waals surface area contributed by atoms with Crippen LogP contribution in [0.15, 0.2) is 47.0 Å². The van der Waals surface area contributed by atoms with Gasteiger partial charge in [-0.05, 0) is 24.1 Å². The Morgan fingerprint density at radius 1 is 1.26 bits per heavy atom. The molecule has 0 saturated carbocycles. The zero-order valence-electron chi connectivity index (χ0n) is 12.1. The standard InChI is InChI=1S/C16H14ClN3O2S/c17-12-7-6-11(23-12)14-13(15(18)22-20-14)16(21)19-9-8-10-4-2-1-3-5-10/h1-7H,8-9,18H2,(H,19,21). The van der Waals surface area contributed by atoms with Crippen LogP contribution in [-0.2, 0) is 6.42 Å². The molecular weight excluding hydrogens is 334 g/mol. The summed E-state index contributed by atoms with van der Waals surface area (Å²) in [6.07, 6.45) is 0.734. The van der Waals surface area contributed by atoms with Crippen LogP contribution in [0.1, 0.15) is 15.9 Å². The summed E-state index contributed by atoms with van der Waals surface area (Å²) in [4.78, 5) is 13.1. The van der Waals surface area contributed by atoms with Crippen LogP contribution in [0.3, 0.4) is 0 Å². The Morgan fingerprint density at radius 2 is 2.04 bits per heavy atom. The second-order valence-corrected chi connectivity index (χ2v) is 6.58. The van der Waals surface area contributed by atoms with Crippen LogP contribution in [0.25, 0.3) is 10.6 Å². The largest absolute Gasteiger partial charge is 0.367 e. The van der Waals surface area contributed by atoms with Crippen molar-refractivity contribution in [1.82, 2.24) is 10.5 Å². The lowest BCUT2D eigenvalue weighted by Crippen LogP contribution is -2.26. The number of carbonyl (C=O) groups is 1. The molecule has 0 fully saturated rings. The van der Waals surface area contributed by atoms with E-state index in [9.17, 15) is 4.79 Å². The third-order valence-electron chi connectivity index (χ3n) is 3.29. The van der Waals surface area contributed by atoms with E-state index in [1.54, 1.807) is 12.1 Å². The maximum absolute atomic E-state index is 12.4. The molecule has 5 nitrogen and oxygen atoms in total. The fraction of sp³-hybridized carbons (Fsp3) is 0.125. The van der Waals surface area contributed by atoms with Crippen LogP contribution in [0.4, 0.5) is 5.88 Å². The highest BCUT2D eigenvalue weighted by Gasteiger charge is 2.23. The van der Waals surface area contributed by atoms with Crippen LogP contribution < -0.4 is 11.1 Å². The molecular formula is C16H14ClN3O2S. The van der Waals surface area contributed by atoms with Crippen LogP contribution in [0.2, 0.25) is 4.34 Å². The Bertz CT molecular complexity index is 814. The van der Waals surface area contributed by atoms with Crippen molar-refractivity contribution in [1.29, 1.82) is 0 Å². The van der Waals surface area contributed by atoms with E-state index in [2.05, 4.69) is 10.5 Å². The molecule has 0 saturated heterocycles. The predicted molar refractivity (Wildman–Crippen MR) is 91.7 cm³/mol. The quantitative estimate of drug-likeness (QED) is 0.738. The third kappa shape index (κ3) is 3.55. The van der Waals surface area contributed by atoms with Crippen LogP contribution in [-0.4, -0.2) is 17.6 Å². The Morgan fingerprint density at radius 3 is 2.74 bits per heavy atom. The number of halogens is 1. The van der Waals surface area contributed by atoms with Crippen molar-refractivity contribution >= 4 is 34.7 Å². The van der Waals surface area contributed by atoms with Crippen molar-refractivity contribution in [3.63, 3.8) is 0 Å². The predicted octanol–water partition coefficient (Wildman–Crippen LogP) is 3.61. The summed E-state index contributed by atoms with van der Waals surface area (Å²) < 4.78 is 5.58. The van der Waals surface area contributed by atoms with Gasteiger partial charge in [0.25, 0.3) is 5.91 Å². The summed E-state index contributed by atoms with van der Waals surface area (Å²) in [5.74, 6) is -0.305. The Kier molecular flexibility index (Phi) is 4.64. The first-order valence-corrected chi connectivity index (χ1v) is 8.17. The van der Waals surface area contributed by atoms with E-state index in [0.29, 0.717) is 16.6 Å². The number of aromatic nitrogens is 1. The zero-order valence-corrected chi connectivity index (χ0v) is 13.7. The minimum absolute atomic E-state index is 0.00161. The summed E-state index contributed by atoms with van der Waals surface area (Å²) in [5, 5.41) is 6.72. The van der Waals surface area contributed by atoms with Gasteiger partial charge in [-0.1, -0.05) is 47.1 Å². The van der Waals surface area contributed by atoms with Gasteiger partial charge in [-0.15, -0.1) is 11.3 Å². The molecule has 0 bridgehead atoms. The SMILES string of the molecule is Nc1onc(-c2ccc(Cl)s2)c1C(=O)NCCc1ccccc1. The third-order valence-corrected chi connectivity index (χ3v) is 4.53. The number of carbonyl (C=O) groups excluding carboxylic acids is 1. The average Bonchev–Trinajstić information content (AvgIpc) is 3.14. The van der Waals surface area contributed by atoms with Gasteiger partial charge in [0.1, 0.15) is 11.3 Å². The van der Waals surface area contributed by atoms with Gasteiger partial charge in [0.05, 0.1) is 9.21 Å². The van der Waals surface area contributed by atoms with E-state index in [4.69, 9.17) is 21.9 Å². The number of nitrogens with one attached hydrogen (secondary N) is 1. The minimum Gasteiger partial charge on any atom is -0.367 e. The number of hydrogen-bond acceptors (Lipinski definition) is 5. The molecule has 0 aliphatic rings. The van der Waals surface area contributed by atoms with Crippen molar-refractivity contribution in [3.8, 4) is 10.6 Å². The lowest BCUT2D eigenvalue weighted by molar-refractivity contribution is 0.0955. The summed E-state index contributed by atoms with van der Waals surface area (Å²) in [7, 11) is 0. The van der Waals surface area contributed by atoms with E-state index in [1.807, 2.05) is 30.3 Å². The van der Waals surface area contributed by atoms with Gasteiger partial charge < -0.3 is 15.6 Å². The van der Waals surface area contributed by atoms with Crippen LogP contribution >= 0.6 is 22.9 Å². The van der Waals surface area contributed by atoms with Gasteiger partial charge in [0, 0.05) is 6.54 Å². The van der Waals surface area contributed by atoms with Gasteiger partial charge in [-0.3, -0.25) is 4.79 Å². The molecule has 2 aromatic heterocycles. The Balaban J connectivity index is 1.71. The maximum atomic E-state index is 12.4. The van der Waals surface area contributed by atoms with Crippen molar-refractivity contribution in [2.24, 2.45) is 0 Å². The first kappa shape index (κ1) is 15.6. The number of anilines is 1. The molecule has 0 spiro atoms. The molecule has 3 N–H and O–H groups in total. The summed E-state index contributed by atoms with van der Waals surface area (Å²) in [5.41, 5.74) is 7.56. The fourth-order valence-corrected chi connectivity index (χ4v) is 3.22. The number of rotatable bonds is 5. The number of hydrogen-bond donors (Lipinski definition) is 2. The first-order chi connectivity index (χ1) is 11.1. The van der Waals surface area contributed by atoms with Gasteiger partial charge >= 0.3 is 0 Å². The van der Waals surface area contributed by atoms with E-state index in [1.165, 1.54) is 11.3 Å². The Hall–Kier alpha value is -2.31. The number of amides is 1. The second kappa shape index (κ2) is 6.85. The first-order valence-electron chi connectivity index (χ1n) is 6.98. The lowest BCUT2D eigenvalue weighted by Gasteiger charge is -2.05. The van der Waals surface area contributed by atoms with Crippen LogP contribution in [0, 0.1) is 0 Å². The van der Waals surface area contributed by atoms with E-state index >= 15 is 0 Å². The normalized spacial score (nSPS) is 10.7. The second-order valence-electron chi connectivity index (χ2n) is 4.87. The molecule has 7 heteroatoms. The van der Waals surface area contributed by atoms with Crippen molar-refractivity contribution in [2.75, 3.05) is 12.3 Å². The highest BCUT2D eigenvalue weighted by atomic mass is 35.5. The van der Waals surface area contributed by atoms with E-state index in [-0.39, 0.29) is 17.4 Å². The molecule has 1 amide bonds. The lowest BCUT2D eigenvalue weighted by atomic mass is 10.1. The molecule has 0 radical (unpaired) electrons. The average molecular weight is 348 g/mol. The fourth-order valence-electron chi connectivity index (χ4n) is 2.19. The van der Waals surface area contributed by atoms with E-state index in [0.717, 1.165) is 16.9 Å². The molecule has 0 aliphatic heterocycles. The topological polar surface area (TPSA) is 81.2 Å². The molecule has 1 aromatic carbocycles. The summed E-state index contributed by atoms with van der Waals surface area (Å²) in [6.45, 7) is 0.498. The highest BCUT2D eigenvalue weighted by molar-refractivity contribution is 7.19. The molecule has 2 heterocycles. The summed E-state index contributed by atoms with van der Waals surface area (Å²) >= 11 is 7.24. The minimum atomic E-state index is -0.306. The highest BCUT2D eigenvalue weighted by Crippen LogP contribution is 2.34. The number of thiophene rings is 1. The number of nitrogen functional groups attached to an aromatic ring is 1. The zero-order chi connectivity index (χ0) is 16.2. The molecule has 0 atom stereocenters. The van der Waals surface area contributed by atoms with Gasteiger partial charge in [0.15, 0.2) is 0 Å². The van der Waals surface area contributed by atoms with Gasteiger partial charge in [-0.25, -0.2) is 0 Å². The molecule has 3 rings (SSSR count). The summed E-state index contributed by atoms with van der Waals surface area (Å²) in [6, 6.07) is 13.4. The molecule has 0 unspecified atom stereocenters. The molecule has 0 aliphatic carbocycles. The monoisotopic (exact) mass is 347 g/mol. The molecule has 23 heavy (non-hydrogen) atoms. The van der Waals surface area contributed by atoms with Gasteiger partial charge in [0.2, 0.25) is 5.88 Å². The van der Waals surface area contributed by atoms with E-state index < -0.39 is 0 Å². The van der Waals surface area contributed by atoms with Crippen molar-refractivity contribution < 1.29 is 9.32 Å². The number of benzene rings is 1. The Labute approximate surface area is 142 Å². The van der Waals surface area contributed by atoms with Crippen LogP contribution in [0.5, 0.6) is 0 Å². The number of nitrogens with two attached hydrogens (primary N) is 1. The van der Waals surface area contributed by atoms with Crippen molar-refractivity contribution in [2.45, 2.75) is 6.42 Å².